The van der Waals surface area contributed by atoms with E-state index >= 15 is 0 Å². The molecule has 0 saturated carbocycles. The molecule has 0 amide bonds. The lowest BCUT2D eigenvalue weighted by Crippen LogP contribution is -2.27. The summed E-state index contributed by atoms with van der Waals surface area (Å²) in [6, 6.07) is -0.608. The molecule has 1 aromatic carbocycles. The predicted octanol–water partition coefficient (Wildman–Crippen LogP) is 3.10. The quantitative estimate of drug-likeness (QED) is 0.890. The molecule has 0 radical (unpaired) electrons. The molecule has 2 atom stereocenters. The molecule has 106 valence electrons. The second kappa shape index (κ2) is 5.92. The van der Waals surface area contributed by atoms with E-state index in [0.29, 0.717) is 5.75 Å². The minimum atomic E-state index is -0.914. The van der Waals surface area contributed by atoms with E-state index in [1.165, 1.54) is 0 Å². The average molecular weight is 330 g/mol. The molecular formula is C14H20BrNO3. The maximum Gasteiger partial charge on any atom is 0.308 e. The van der Waals surface area contributed by atoms with Gasteiger partial charge >= 0.3 is 5.97 Å². The number of methoxy groups -OCH3 is 1. The van der Waals surface area contributed by atoms with Crippen molar-refractivity contribution in [3.63, 3.8) is 0 Å². The smallest absolute Gasteiger partial charge is 0.308 e. The number of carbonyl (C=O) groups is 1. The highest BCUT2D eigenvalue weighted by atomic mass is 79.9. The summed E-state index contributed by atoms with van der Waals surface area (Å²) in [5, 5.41) is 9.13. The van der Waals surface area contributed by atoms with Crippen LogP contribution in [0.5, 0.6) is 5.75 Å². The Bertz CT molecular complexity index is 514. The maximum atomic E-state index is 11.1. The largest absolute Gasteiger partial charge is 0.496 e. The van der Waals surface area contributed by atoms with E-state index in [-0.39, 0.29) is 0 Å². The van der Waals surface area contributed by atoms with Crippen LogP contribution >= 0.6 is 15.9 Å². The molecule has 19 heavy (non-hydrogen) atoms. The molecule has 3 N–H and O–H groups in total. The van der Waals surface area contributed by atoms with Gasteiger partial charge in [0.25, 0.3) is 0 Å². The van der Waals surface area contributed by atoms with Crippen LogP contribution in [0.1, 0.15) is 35.2 Å². The summed E-state index contributed by atoms with van der Waals surface area (Å²) < 4.78 is 6.40. The standard InChI is InChI=1S/C14H20BrNO3/c1-6-7(2)13(19-5)10(8(3)11(6)15)12(16)9(4)14(17)18/h9,12H,16H2,1-5H3,(H,17,18). The number of halogens is 1. The lowest BCUT2D eigenvalue weighted by Gasteiger charge is -2.25. The van der Waals surface area contributed by atoms with Gasteiger partial charge < -0.3 is 15.6 Å². The Labute approximate surface area is 122 Å². The summed E-state index contributed by atoms with van der Waals surface area (Å²) in [6.07, 6.45) is 0. The van der Waals surface area contributed by atoms with Gasteiger partial charge in [-0.15, -0.1) is 0 Å². The van der Waals surface area contributed by atoms with Crippen LogP contribution in [0.4, 0.5) is 0 Å². The summed E-state index contributed by atoms with van der Waals surface area (Å²) in [6.45, 7) is 7.46. The van der Waals surface area contributed by atoms with Crippen LogP contribution in [-0.2, 0) is 4.79 Å². The second-order valence-corrected chi connectivity index (χ2v) is 5.58. The number of carboxylic acids is 1. The molecule has 0 fully saturated rings. The van der Waals surface area contributed by atoms with Gasteiger partial charge in [0.05, 0.1) is 13.0 Å². The first-order valence-corrected chi connectivity index (χ1v) is 6.84. The van der Waals surface area contributed by atoms with E-state index in [1.807, 2.05) is 20.8 Å². The number of hydrogen-bond donors (Lipinski definition) is 2. The van der Waals surface area contributed by atoms with Gasteiger partial charge in [0, 0.05) is 16.1 Å². The highest BCUT2D eigenvalue weighted by Crippen LogP contribution is 2.40. The first-order chi connectivity index (χ1) is 8.73. The Morgan fingerprint density at radius 3 is 2.21 bits per heavy atom. The minimum Gasteiger partial charge on any atom is -0.496 e. The Kier molecular flexibility index (Phi) is 4.98. The van der Waals surface area contributed by atoms with E-state index in [2.05, 4.69) is 15.9 Å². The number of ether oxygens (including phenoxy) is 1. The molecular weight excluding hydrogens is 310 g/mol. The molecule has 0 aliphatic heterocycles. The third-order valence-corrected chi connectivity index (χ3v) is 4.87. The van der Waals surface area contributed by atoms with E-state index < -0.39 is 17.9 Å². The van der Waals surface area contributed by atoms with Crippen molar-refractivity contribution in [1.29, 1.82) is 0 Å². The van der Waals surface area contributed by atoms with Crippen molar-refractivity contribution in [2.75, 3.05) is 7.11 Å². The normalized spacial score (nSPS) is 14.1. The summed E-state index contributed by atoms with van der Waals surface area (Å²) >= 11 is 3.54. The number of rotatable bonds is 4. The Morgan fingerprint density at radius 2 is 1.79 bits per heavy atom. The highest BCUT2D eigenvalue weighted by molar-refractivity contribution is 9.10. The zero-order chi connectivity index (χ0) is 14.9. The van der Waals surface area contributed by atoms with Crippen LogP contribution < -0.4 is 10.5 Å². The first kappa shape index (κ1) is 16.0. The third-order valence-electron chi connectivity index (χ3n) is 3.68. The van der Waals surface area contributed by atoms with Gasteiger partial charge in [0.15, 0.2) is 0 Å². The summed E-state index contributed by atoms with van der Waals surface area (Å²) in [7, 11) is 1.58. The SMILES string of the molecule is COc1c(C)c(C)c(Br)c(C)c1C(N)C(C)C(=O)O. The van der Waals surface area contributed by atoms with Crippen LogP contribution in [-0.4, -0.2) is 18.2 Å². The maximum absolute atomic E-state index is 11.1. The Morgan fingerprint density at radius 1 is 1.26 bits per heavy atom. The lowest BCUT2D eigenvalue weighted by molar-refractivity contribution is -0.141. The van der Waals surface area contributed by atoms with E-state index in [0.717, 1.165) is 26.7 Å². The number of benzene rings is 1. The summed E-state index contributed by atoms with van der Waals surface area (Å²) in [4.78, 5) is 11.1. The molecule has 4 nitrogen and oxygen atoms in total. The third kappa shape index (κ3) is 2.77. The van der Waals surface area contributed by atoms with Crippen LogP contribution in [0.3, 0.4) is 0 Å². The topological polar surface area (TPSA) is 72.5 Å². The van der Waals surface area contributed by atoms with Gasteiger partial charge in [-0.1, -0.05) is 22.9 Å². The molecule has 0 heterocycles. The molecule has 2 unspecified atom stereocenters. The van der Waals surface area contributed by atoms with Crippen molar-refractivity contribution >= 4 is 21.9 Å². The van der Waals surface area contributed by atoms with Crippen molar-refractivity contribution in [3.05, 3.63) is 26.7 Å². The van der Waals surface area contributed by atoms with Crippen molar-refractivity contribution in [3.8, 4) is 5.75 Å². The number of aliphatic carboxylic acids is 1. The van der Waals surface area contributed by atoms with E-state index in [4.69, 9.17) is 15.6 Å². The molecule has 5 heteroatoms. The molecule has 0 bridgehead atoms. The van der Waals surface area contributed by atoms with Crippen molar-refractivity contribution in [2.24, 2.45) is 11.7 Å². The van der Waals surface area contributed by atoms with Crippen LogP contribution in [0, 0.1) is 26.7 Å². The molecule has 1 rings (SSSR count). The molecule has 0 aromatic heterocycles. The second-order valence-electron chi connectivity index (χ2n) is 4.79. The van der Waals surface area contributed by atoms with Gasteiger partial charge in [0.1, 0.15) is 5.75 Å². The average Bonchev–Trinajstić information content (AvgIpc) is 2.38. The fourth-order valence-electron chi connectivity index (χ4n) is 2.17. The number of nitrogens with two attached hydrogens (primary N) is 1. The Balaban J connectivity index is 3.54. The minimum absolute atomic E-state index is 0.608. The van der Waals surface area contributed by atoms with Gasteiger partial charge in [-0.05, 0) is 37.5 Å². The molecule has 1 aromatic rings. The zero-order valence-corrected chi connectivity index (χ0v) is 13.5. The highest BCUT2D eigenvalue weighted by Gasteiger charge is 2.28. The zero-order valence-electron chi connectivity index (χ0n) is 11.9. The first-order valence-electron chi connectivity index (χ1n) is 6.05. The van der Waals surface area contributed by atoms with Gasteiger partial charge in [-0.2, -0.15) is 0 Å². The summed E-state index contributed by atoms with van der Waals surface area (Å²) in [5.41, 5.74) is 9.86. The van der Waals surface area contributed by atoms with Gasteiger partial charge in [-0.25, -0.2) is 0 Å². The molecule has 0 aliphatic rings. The monoisotopic (exact) mass is 329 g/mol. The fourth-order valence-corrected chi connectivity index (χ4v) is 2.69. The summed E-state index contributed by atoms with van der Waals surface area (Å²) in [5.74, 6) is -0.913. The molecule has 0 spiro atoms. The van der Waals surface area contributed by atoms with Crippen LogP contribution in [0.2, 0.25) is 0 Å². The van der Waals surface area contributed by atoms with Crippen LogP contribution in [0.15, 0.2) is 4.47 Å². The van der Waals surface area contributed by atoms with Gasteiger partial charge in [0.2, 0.25) is 0 Å². The van der Waals surface area contributed by atoms with E-state index in [9.17, 15) is 4.79 Å². The van der Waals surface area contributed by atoms with Crippen molar-refractivity contribution in [1.82, 2.24) is 0 Å². The van der Waals surface area contributed by atoms with Crippen molar-refractivity contribution in [2.45, 2.75) is 33.7 Å². The molecule has 0 aliphatic carbocycles. The van der Waals surface area contributed by atoms with Crippen LogP contribution in [0.25, 0.3) is 0 Å². The Hall–Kier alpha value is -1.07. The van der Waals surface area contributed by atoms with Gasteiger partial charge in [-0.3, -0.25) is 4.79 Å². The predicted molar refractivity (Wildman–Crippen MR) is 78.6 cm³/mol. The number of hydrogen-bond acceptors (Lipinski definition) is 3. The fraction of sp³-hybridized carbons (Fsp3) is 0.500. The number of carboxylic acid groups (broad SMARTS) is 1. The van der Waals surface area contributed by atoms with Crippen molar-refractivity contribution < 1.29 is 14.6 Å². The molecule has 0 saturated heterocycles. The lowest BCUT2D eigenvalue weighted by atomic mass is 9.88. The van der Waals surface area contributed by atoms with E-state index in [1.54, 1.807) is 14.0 Å².